The van der Waals surface area contributed by atoms with Gasteiger partial charge >= 0.3 is 0 Å². The Morgan fingerprint density at radius 2 is 1.79 bits per heavy atom. The van der Waals surface area contributed by atoms with Gasteiger partial charge in [-0.15, -0.1) is 0 Å². The van der Waals surface area contributed by atoms with E-state index in [1.165, 1.54) is 55.4 Å². The molecule has 9 nitrogen and oxygen atoms in total. The number of oxazole rings is 1. The summed E-state index contributed by atoms with van der Waals surface area (Å²) in [6, 6.07) is 14.9. The molecule has 5 aromatic rings. The lowest BCUT2D eigenvalue weighted by molar-refractivity contribution is -0.118. The minimum atomic E-state index is -1.17. The topological polar surface area (TPSA) is 113 Å². The Morgan fingerprint density at radius 3 is 2.51 bits per heavy atom. The quantitative estimate of drug-likeness (QED) is 0.144. The van der Waals surface area contributed by atoms with Gasteiger partial charge in [-0.2, -0.15) is 0 Å². The monoisotopic (exact) mass is 642 g/mol. The molecule has 0 aliphatic carbocycles. The van der Waals surface area contributed by atoms with Gasteiger partial charge in [-0.3, -0.25) is 9.78 Å². The number of likely N-dealkylation sites (tertiary alicyclic amines) is 1. The maximum atomic E-state index is 15.5. The molecule has 1 aliphatic rings. The van der Waals surface area contributed by atoms with E-state index < -0.39 is 23.5 Å². The van der Waals surface area contributed by atoms with Gasteiger partial charge in [0.05, 0.1) is 25.4 Å². The average molecular weight is 643 g/mol. The van der Waals surface area contributed by atoms with Gasteiger partial charge in [-0.1, -0.05) is 13.0 Å². The van der Waals surface area contributed by atoms with Crippen LogP contribution in [-0.4, -0.2) is 54.1 Å². The van der Waals surface area contributed by atoms with E-state index in [2.05, 4.69) is 21.8 Å². The van der Waals surface area contributed by atoms with Gasteiger partial charge in [-0.05, 0) is 92.4 Å². The molecule has 0 bridgehead atoms. The molecule has 11 heteroatoms. The third kappa shape index (κ3) is 7.36. The van der Waals surface area contributed by atoms with Crippen molar-refractivity contribution < 1.29 is 32.2 Å². The number of hydrogen-bond donors (Lipinski definition) is 1. The van der Waals surface area contributed by atoms with E-state index in [4.69, 9.17) is 24.4 Å². The fourth-order valence-corrected chi connectivity index (χ4v) is 5.74. The summed E-state index contributed by atoms with van der Waals surface area (Å²) in [4.78, 5) is 23.6. The van der Waals surface area contributed by atoms with E-state index in [-0.39, 0.29) is 17.2 Å². The number of hydrogen-bond acceptors (Lipinski definition) is 8. The average Bonchev–Trinajstić information content (AvgIpc) is 3.54. The second-order valence-corrected chi connectivity index (χ2v) is 11.8. The SMILES string of the molecule is COc1cc2c(Oc3ccc(C(C(N)=O)c4ncc(-c5ccc(F)cc5)o4)cc3F)ccnc2cc1OCCCN1CCC(C)CC1. The summed E-state index contributed by atoms with van der Waals surface area (Å²) in [6.07, 6.45) is 6.34. The molecule has 3 aromatic carbocycles. The Balaban J connectivity index is 1.17. The smallest absolute Gasteiger partial charge is 0.234 e. The number of methoxy groups -OCH3 is 1. The van der Waals surface area contributed by atoms with Gasteiger partial charge < -0.3 is 29.3 Å². The molecule has 6 rings (SSSR count). The van der Waals surface area contributed by atoms with Crippen LogP contribution >= 0.6 is 0 Å². The van der Waals surface area contributed by atoms with Gasteiger partial charge in [-0.25, -0.2) is 13.8 Å². The minimum Gasteiger partial charge on any atom is -0.493 e. The van der Waals surface area contributed by atoms with Crippen LogP contribution in [-0.2, 0) is 4.79 Å². The van der Waals surface area contributed by atoms with Gasteiger partial charge in [0.15, 0.2) is 28.8 Å². The van der Waals surface area contributed by atoms with Crippen molar-refractivity contribution in [2.45, 2.75) is 32.1 Å². The summed E-state index contributed by atoms with van der Waals surface area (Å²) in [7, 11) is 1.56. The molecule has 47 heavy (non-hydrogen) atoms. The Bertz CT molecular complexity index is 1850. The van der Waals surface area contributed by atoms with Crippen LogP contribution in [0.15, 0.2) is 77.5 Å². The standard InChI is InChI=1S/C36H36F2N4O5/c1-22-11-15-42(16-12-22)14-3-17-45-32-20-28-26(19-31(32)44-2)29(10-13-40-28)46-30-9-6-24(18-27(30)38)34(35(39)43)36-41-21-33(47-36)23-4-7-25(37)8-5-23/h4-10,13,18-22,34H,3,11-12,14-17H2,1-2H3,(H2,39,43). The molecule has 0 saturated carbocycles. The third-order valence-corrected chi connectivity index (χ3v) is 8.43. The van der Waals surface area contributed by atoms with E-state index in [0.29, 0.717) is 46.1 Å². The van der Waals surface area contributed by atoms with E-state index in [1.807, 2.05) is 0 Å². The zero-order chi connectivity index (χ0) is 32.9. The number of benzene rings is 3. The first-order valence-corrected chi connectivity index (χ1v) is 15.6. The molecule has 1 saturated heterocycles. The van der Waals surface area contributed by atoms with E-state index in [0.717, 1.165) is 38.0 Å². The largest absolute Gasteiger partial charge is 0.493 e. The van der Waals surface area contributed by atoms with Crippen LogP contribution in [0.4, 0.5) is 8.78 Å². The molecular weight excluding hydrogens is 606 g/mol. The summed E-state index contributed by atoms with van der Waals surface area (Å²) >= 11 is 0. The molecule has 1 unspecified atom stereocenters. The van der Waals surface area contributed by atoms with Crippen molar-refractivity contribution in [3.63, 3.8) is 0 Å². The summed E-state index contributed by atoms with van der Waals surface area (Å²) in [6.45, 7) is 6.08. The number of pyridine rings is 1. The number of fused-ring (bicyclic) bond motifs is 1. The maximum absolute atomic E-state index is 15.5. The number of primary amides is 1. The predicted octanol–water partition coefficient (Wildman–Crippen LogP) is 7.09. The van der Waals surface area contributed by atoms with Crippen LogP contribution in [0.25, 0.3) is 22.2 Å². The second-order valence-electron chi connectivity index (χ2n) is 11.8. The van der Waals surface area contributed by atoms with Crippen LogP contribution in [0.3, 0.4) is 0 Å². The highest BCUT2D eigenvalue weighted by Gasteiger charge is 2.27. The lowest BCUT2D eigenvalue weighted by Gasteiger charge is -2.30. The predicted molar refractivity (Wildman–Crippen MR) is 173 cm³/mol. The number of nitrogens with two attached hydrogens (primary N) is 1. The summed E-state index contributed by atoms with van der Waals surface area (Å²) in [5.41, 5.74) is 7.07. The first kappa shape index (κ1) is 31.9. The first-order valence-electron chi connectivity index (χ1n) is 15.6. The van der Waals surface area contributed by atoms with E-state index in [1.54, 1.807) is 31.5 Å². The molecule has 1 atom stereocenters. The number of rotatable bonds is 12. The van der Waals surface area contributed by atoms with Crippen molar-refractivity contribution >= 4 is 16.8 Å². The normalized spacial score (nSPS) is 14.6. The van der Waals surface area contributed by atoms with Crippen molar-refractivity contribution in [2.24, 2.45) is 11.7 Å². The van der Waals surface area contributed by atoms with Crippen molar-refractivity contribution in [1.29, 1.82) is 0 Å². The number of piperidine rings is 1. The Labute approximate surface area is 271 Å². The molecule has 2 N–H and O–H groups in total. The van der Waals surface area contributed by atoms with E-state index in [9.17, 15) is 9.18 Å². The Morgan fingerprint density at radius 1 is 1.00 bits per heavy atom. The number of carbonyl (C=O) groups is 1. The van der Waals surface area contributed by atoms with Crippen LogP contribution in [0.1, 0.15) is 43.6 Å². The summed E-state index contributed by atoms with van der Waals surface area (Å²) in [5.74, 6) is -0.620. The third-order valence-electron chi connectivity index (χ3n) is 8.43. The zero-order valence-corrected chi connectivity index (χ0v) is 26.2. The Hall–Kier alpha value is -5.03. The Kier molecular flexibility index (Phi) is 9.63. The minimum absolute atomic E-state index is 0.0173. The lowest BCUT2D eigenvalue weighted by Crippen LogP contribution is -2.34. The molecule has 1 fully saturated rings. The van der Waals surface area contributed by atoms with Gasteiger partial charge in [0.2, 0.25) is 11.8 Å². The summed E-state index contributed by atoms with van der Waals surface area (Å²) in [5, 5.41) is 0.603. The van der Waals surface area contributed by atoms with E-state index >= 15 is 4.39 Å². The van der Waals surface area contributed by atoms with Gasteiger partial charge in [0, 0.05) is 29.8 Å². The number of nitrogens with zero attached hydrogens (tertiary/aromatic N) is 3. The fraction of sp³-hybridized carbons (Fsp3) is 0.306. The van der Waals surface area contributed by atoms with Crippen LogP contribution < -0.4 is 19.9 Å². The number of ether oxygens (including phenoxy) is 3. The van der Waals surface area contributed by atoms with Crippen molar-refractivity contribution in [3.05, 3.63) is 96.1 Å². The molecule has 1 aliphatic heterocycles. The van der Waals surface area contributed by atoms with Gasteiger partial charge in [0.25, 0.3) is 0 Å². The number of halogens is 2. The number of amides is 1. The molecule has 1 amide bonds. The maximum Gasteiger partial charge on any atom is 0.234 e. The molecule has 3 heterocycles. The van der Waals surface area contributed by atoms with Crippen molar-refractivity contribution in [1.82, 2.24) is 14.9 Å². The van der Waals surface area contributed by atoms with Crippen molar-refractivity contribution in [3.8, 4) is 34.3 Å². The molecule has 244 valence electrons. The lowest BCUT2D eigenvalue weighted by atomic mass is 9.98. The summed E-state index contributed by atoms with van der Waals surface area (Å²) < 4.78 is 52.3. The molecule has 0 spiro atoms. The van der Waals surface area contributed by atoms with Crippen LogP contribution in [0, 0.1) is 17.6 Å². The highest BCUT2D eigenvalue weighted by Crippen LogP contribution is 2.38. The molecular formula is C36H36F2N4O5. The zero-order valence-electron chi connectivity index (χ0n) is 26.2. The fourth-order valence-electron chi connectivity index (χ4n) is 5.74. The highest BCUT2D eigenvalue weighted by atomic mass is 19.1. The molecule has 0 radical (unpaired) electrons. The number of carbonyl (C=O) groups excluding carboxylic acids is 1. The van der Waals surface area contributed by atoms with Crippen LogP contribution in [0.5, 0.6) is 23.0 Å². The second kappa shape index (κ2) is 14.2. The van der Waals surface area contributed by atoms with Crippen molar-refractivity contribution in [2.75, 3.05) is 33.4 Å². The number of aromatic nitrogens is 2. The highest BCUT2D eigenvalue weighted by molar-refractivity contribution is 5.88. The first-order chi connectivity index (χ1) is 22.8. The molecule has 2 aromatic heterocycles. The van der Waals surface area contributed by atoms with Crippen LogP contribution in [0.2, 0.25) is 0 Å². The van der Waals surface area contributed by atoms with Gasteiger partial charge in [0.1, 0.15) is 17.5 Å².